The Morgan fingerprint density at radius 3 is 2.37 bits per heavy atom. The van der Waals surface area contributed by atoms with Gasteiger partial charge in [0.05, 0.1) is 12.2 Å². The van der Waals surface area contributed by atoms with Gasteiger partial charge in [0.25, 0.3) is 0 Å². The molecule has 19 heavy (non-hydrogen) atoms. The second-order valence-electron chi connectivity index (χ2n) is 6.78. The van der Waals surface area contributed by atoms with E-state index in [4.69, 9.17) is 0 Å². The highest BCUT2D eigenvalue weighted by Gasteiger charge is 2.17. The molecule has 1 aromatic heterocycles. The lowest BCUT2D eigenvalue weighted by molar-refractivity contribution is -0.121. The average Bonchev–Trinajstić information content (AvgIpc) is 2.62. The van der Waals surface area contributed by atoms with E-state index in [1.165, 1.54) is 0 Å². The Kier molecular flexibility index (Phi) is 5.10. The fraction of sp³-hybridized carbons (Fsp3) is 0.714. The number of carbonyl (C=O) groups is 1. The zero-order valence-corrected chi connectivity index (χ0v) is 13.6. The molecule has 2 N–H and O–H groups in total. The fourth-order valence-corrected chi connectivity index (χ4v) is 2.47. The molecule has 0 bridgehead atoms. The number of amides is 1. The summed E-state index contributed by atoms with van der Waals surface area (Å²) in [6.45, 7) is 13.3. The van der Waals surface area contributed by atoms with Crippen molar-refractivity contribution in [1.82, 2.24) is 15.6 Å². The Bertz CT molecular complexity index is 427. The van der Waals surface area contributed by atoms with Crippen molar-refractivity contribution in [2.24, 2.45) is 0 Å². The molecule has 1 heterocycles. The van der Waals surface area contributed by atoms with Gasteiger partial charge in [-0.1, -0.05) is 20.8 Å². The van der Waals surface area contributed by atoms with E-state index in [1.54, 1.807) is 11.3 Å². The zero-order chi connectivity index (χ0) is 14.7. The van der Waals surface area contributed by atoms with Crippen LogP contribution in [0.3, 0.4) is 0 Å². The standard InChI is InChI=1S/C14H25N3OS/c1-13(2,3)10-9-19-12(16-10)8-15-7-11(18)17-14(4,5)6/h9,15H,7-8H2,1-6H3,(H,17,18). The first-order valence-electron chi connectivity index (χ1n) is 6.54. The van der Waals surface area contributed by atoms with Gasteiger partial charge < -0.3 is 10.6 Å². The number of hydrogen-bond acceptors (Lipinski definition) is 4. The lowest BCUT2D eigenvalue weighted by Crippen LogP contribution is -2.44. The summed E-state index contributed by atoms with van der Waals surface area (Å²) in [5, 5.41) is 9.15. The second kappa shape index (κ2) is 6.01. The summed E-state index contributed by atoms with van der Waals surface area (Å²) in [5.74, 6) is 0.0140. The maximum atomic E-state index is 11.6. The van der Waals surface area contributed by atoms with Gasteiger partial charge in [-0.05, 0) is 20.8 Å². The van der Waals surface area contributed by atoms with Gasteiger partial charge in [-0.15, -0.1) is 11.3 Å². The van der Waals surface area contributed by atoms with E-state index >= 15 is 0 Å². The summed E-state index contributed by atoms with van der Waals surface area (Å²) < 4.78 is 0. The van der Waals surface area contributed by atoms with Crippen LogP contribution in [0.4, 0.5) is 0 Å². The molecular formula is C14H25N3OS. The van der Waals surface area contributed by atoms with E-state index in [2.05, 4.69) is 41.8 Å². The predicted molar refractivity (Wildman–Crippen MR) is 80.4 cm³/mol. The molecule has 5 heteroatoms. The van der Waals surface area contributed by atoms with Crippen molar-refractivity contribution in [1.29, 1.82) is 0 Å². The van der Waals surface area contributed by atoms with Crippen LogP contribution < -0.4 is 10.6 Å². The third-order valence-corrected chi connectivity index (χ3v) is 3.25. The first kappa shape index (κ1) is 16.1. The van der Waals surface area contributed by atoms with Crippen LogP contribution in [0.2, 0.25) is 0 Å². The lowest BCUT2D eigenvalue weighted by Gasteiger charge is -2.20. The van der Waals surface area contributed by atoms with Gasteiger partial charge in [0.2, 0.25) is 5.91 Å². The third-order valence-electron chi connectivity index (χ3n) is 2.40. The van der Waals surface area contributed by atoms with Crippen LogP contribution in [0.15, 0.2) is 5.38 Å². The molecule has 0 atom stereocenters. The SMILES string of the molecule is CC(C)(C)NC(=O)CNCc1nc(C(C)(C)C)cs1. The van der Waals surface area contributed by atoms with Crippen LogP contribution in [0.1, 0.15) is 52.2 Å². The molecule has 4 nitrogen and oxygen atoms in total. The largest absolute Gasteiger partial charge is 0.350 e. The Morgan fingerprint density at radius 2 is 1.89 bits per heavy atom. The molecule has 0 spiro atoms. The van der Waals surface area contributed by atoms with Gasteiger partial charge in [-0.25, -0.2) is 4.98 Å². The number of nitrogens with one attached hydrogen (secondary N) is 2. The van der Waals surface area contributed by atoms with E-state index in [-0.39, 0.29) is 16.9 Å². The molecular weight excluding hydrogens is 258 g/mol. The van der Waals surface area contributed by atoms with Gasteiger partial charge in [0.1, 0.15) is 5.01 Å². The third kappa shape index (κ3) is 6.16. The summed E-state index contributed by atoms with van der Waals surface area (Å²) in [5.41, 5.74) is 1.01. The van der Waals surface area contributed by atoms with E-state index in [9.17, 15) is 4.79 Å². The van der Waals surface area contributed by atoms with Crippen molar-refractivity contribution in [3.05, 3.63) is 16.1 Å². The number of hydrogen-bond donors (Lipinski definition) is 2. The fourth-order valence-electron chi connectivity index (χ4n) is 1.48. The van der Waals surface area contributed by atoms with Crippen molar-refractivity contribution in [3.8, 4) is 0 Å². The topological polar surface area (TPSA) is 54.0 Å². The van der Waals surface area contributed by atoms with Gasteiger partial charge in [-0.2, -0.15) is 0 Å². The molecule has 108 valence electrons. The lowest BCUT2D eigenvalue weighted by atomic mass is 9.93. The number of rotatable bonds is 4. The predicted octanol–water partition coefficient (Wildman–Crippen LogP) is 2.44. The Morgan fingerprint density at radius 1 is 1.26 bits per heavy atom. The normalized spacial score (nSPS) is 12.5. The monoisotopic (exact) mass is 283 g/mol. The van der Waals surface area contributed by atoms with Crippen molar-refractivity contribution in [3.63, 3.8) is 0 Å². The van der Waals surface area contributed by atoms with Gasteiger partial charge in [0, 0.05) is 22.9 Å². The second-order valence-corrected chi connectivity index (χ2v) is 7.72. The van der Waals surface area contributed by atoms with Gasteiger partial charge in [0.15, 0.2) is 0 Å². The number of nitrogens with zero attached hydrogens (tertiary/aromatic N) is 1. The maximum absolute atomic E-state index is 11.6. The van der Waals surface area contributed by atoms with Crippen molar-refractivity contribution in [2.45, 2.75) is 59.0 Å². The Labute approximate surface area is 120 Å². The summed E-state index contributed by atoms with van der Waals surface area (Å²) in [7, 11) is 0. The summed E-state index contributed by atoms with van der Waals surface area (Å²) in [6, 6.07) is 0. The van der Waals surface area contributed by atoms with E-state index in [0.29, 0.717) is 13.1 Å². The Balaban J connectivity index is 2.38. The average molecular weight is 283 g/mol. The minimum Gasteiger partial charge on any atom is -0.350 e. The van der Waals surface area contributed by atoms with Crippen LogP contribution in [-0.2, 0) is 16.8 Å². The summed E-state index contributed by atoms with van der Waals surface area (Å²) >= 11 is 1.64. The Hall–Kier alpha value is -0.940. The molecule has 0 fully saturated rings. The quantitative estimate of drug-likeness (QED) is 0.892. The molecule has 0 aliphatic rings. The van der Waals surface area contributed by atoms with Crippen LogP contribution in [-0.4, -0.2) is 23.0 Å². The van der Waals surface area contributed by atoms with Crippen molar-refractivity contribution < 1.29 is 4.79 Å². The summed E-state index contributed by atoms with van der Waals surface area (Å²) in [4.78, 5) is 16.2. The van der Waals surface area contributed by atoms with Crippen molar-refractivity contribution >= 4 is 17.2 Å². The summed E-state index contributed by atoms with van der Waals surface area (Å²) in [6.07, 6.45) is 0. The van der Waals surface area contributed by atoms with Gasteiger partial charge >= 0.3 is 0 Å². The maximum Gasteiger partial charge on any atom is 0.234 e. The van der Waals surface area contributed by atoms with Crippen LogP contribution in [0.25, 0.3) is 0 Å². The molecule has 1 rings (SSSR count). The first-order valence-corrected chi connectivity index (χ1v) is 7.42. The van der Waals surface area contributed by atoms with Crippen LogP contribution in [0, 0.1) is 0 Å². The zero-order valence-electron chi connectivity index (χ0n) is 12.8. The van der Waals surface area contributed by atoms with Gasteiger partial charge in [-0.3, -0.25) is 4.79 Å². The van der Waals surface area contributed by atoms with E-state index in [0.717, 1.165) is 10.7 Å². The molecule has 0 aliphatic carbocycles. The van der Waals surface area contributed by atoms with E-state index in [1.807, 2.05) is 20.8 Å². The molecule has 1 aromatic rings. The highest BCUT2D eigenvalue weighted by Crippen LogP contribution is 2.23. The molecule has 0 aromatic carbocycles. The highest BCUT2D eigenvalue weighted by molar-refractivity contribution is 7.09. The highest BCUT2D eigenvalue weighted by atomic mass is 32.1. The minimum absolute atomic E-state index is 0.0140. The molecule has 0 saturated carbocycles. The smallest absolute Gasteiger partial charge is 0.234 e. The van der Waals surface area contributed by atoms with Crippen LogP contribution in [0.5, 0.6) is 0 Å². The molecule has 0 radical (unpaired) electrons. The molecule has 0 aliphatic heterocycles. The number of carbonyl (C=O) groups excluding carboxylic acids is 1. The molecule has 0 saturated heterocycles. The van der Waals surface area contributed by atoms with E-state index < -0.39 is 0 Å². The van der Waals surface area contributed by atoms with Crippen molar-refractivity contribution in [2.75, 3.05) is 6.54 Å². The number of thiazole rings is 1. The number of aromatic nitrogens is 1. The van der Waals surface area contributed by atoms with Crippen LogP contribution >= 0.6 is 11.3 Å². The molecule has 1 amide bonds. The first-order chi connectivity index (χ1) is 8.58. The molecule has 0 unspecified atom stereocenters. The minimum atomic E-state index is -0.181.